The Labute approximate surface area is 162 Å². The number of aromatic nitrogens is 3. The summed E-state index contributed by atoms with van der Waals surface area (Å²) in [4.78, 5) is 17.0. The third-order valence-electron chi connectivity index (χ3n) is 4.54. The number of H-pyrrole nitrogens is 1. The SMILES string of the molecule is CC(Oc1ccccc1C#N)C(=O)Nc1cccc(-c2n[nH]c(C3CC3)n2)c1. The lowest BCUT2D eigenvalue weighted by Crippen LogP contribution is -2.30. The summed E-state index contributed by atoms with van der Waals surface area (Å²) >= 11 is 0. The van der Waals surface area contributed by atoms with Crippen LogP contribution in [0.3, 0.4) is 0 Å². The summed E-state index contributed by atoms with van der Waals surface area (Å²) in [5.74, 6) is 2.11. The predicted octanol–water partition coefficient (Wildman–Crippen LogP) is 3.63. The van der Waals surface area contributed by atoms with Gasteiger partial charge in [0.2, 0.25) is 0 Å². The fourth-order valence-electron chi connectivity index (χ4n) is 2.83. The topological polar surface area (TPSA) is 104 Å². The Hall–Kier alpha value is -3.66. The minimum atomic E-state index is -0.761. The van der Waals surface area contributed by atoms with Gasteiger partial charge in [0, 0.05) is 17.2 Å². The minimum absolute atomic E-state index is 0.307. The minimum Gasteiger partial charge on any atom is -0.480 e. The summed E-state index contributed by atoms with van der Waals surface area (Å²) in [6, 6.07) is 16.3. The van der Waals surface area contributed by atoms with Gasteiger partial charge in [-0.2, -0.15) is 10.4 Å². The Kier molecular flexibility index (Phi) is 4.77. The van der Waals surface area contributed by atoms with Crippen molar-refractivity contribution < 1.29 is 9.53 Å². The van der Waals surface area contributed by atoms with Crippen LogP contribution in [0.2, 0.25) is 0 Å². The van der Waals surface area contributed by atoms with Gasteiger partial charge in [-0.15, -0.1) is 0 Å². The monoisotopic (exact) mass is 373 g/mol. The standard InChI is InChI=1S/C21H19N5O2/c1-13(28-18-8-3-2-5-16(18)12-22)21(27)23-17-7-4-6-15(11-17)20-24-19(25-26-20)14-9-10-14/h2-8,11,13-14H,9-10H2,1H3,(H,23,27)(H,24,25,26). The van der Waals surface area contributed by atoms with E-state index in [0.717, 1.165) is 24.2 Å². The molecule has 1 saturated carbocycles. The van der Waals surface area contributed by atoms with Crippen molar-refractivity contribution in [2.45, 2.75) is 31.8 Å². The predicted molar refractivity (Wildman–Crippen MR) is 104 cm³/mol. The summed E-state index contributed by atoms with van der Waals surface area (Å²) < 4.78 is 5.66. The van der Waals surface area contributed by atoms with Crippen LogP contribution < -0.4 is 10.1 Å². The van der Waals surface area contributed by atoms with E-state index in [0.29, 0.717) is 28.7 Å². The van der Waals surface area contributed by atoms with Gasteiger partial charge in [0.25, 0.3) is 5.91 Å². The van der Waals surface area contributed by atoms with Crippen LogP contribution in [0.5, 0.6) is 5.75 Å². The second-order valence-electron chi connectivity index (χ2n) is 6.76. The third-order valence-corrected chi connectivity index (χ3v) is 4.54. The number of nitrogens with zero attached hydrogens (tertiary/aromatic N) is 3. The number of anilines is 1. The number of aromatic amines is 1. The molecule has 0 spiro atoms. The first-order valence-corrected chi connectivity index (χ1v) is 9.13. The highest BCUT2D eigenvalue weighted by Gasteiger charge is 2.27. The van der Waals surface area contributed by atoms with Gasteiger partial charge < -0.3 is 10.1 Å². The summed E-state index contributed by atoms with van der Waals surface area (Å²) in [6.45, 7) is 1.64. The number of para-hydroxylation sites is 1. The molecule has 140 valence electrons. The Balaban J connectivity index is 1.44. The Bertz CT molecular complexity index is 1050. The summed E-state index contributed by atoms with van der Waals surface area (Å²) in [6.07, 6.45) is 1.54. The quantitative estimate of drug-likeness (QED) is 0.687. The average Bonchev–Trinajstić information content (AvgIpc) is 3.45. The molecule has 28 heavy (non-hydrogen) atoms. The molecule has 0 saturated heterocycles. The number of amides is 1. The van der Waals surface area contributed by atoms with Crippen molar-refractivity contribution in [1.82, 2.24) is 15.2 Å². The molecule has 1 aliphatic carbocycles. The first kappa shape index (κ1) is 17.7. The van der Waals surface area contributed by atoms with E-state index in [1.807, 2.05) is 18.2 Å². The van der Waals surface area contributed by atoms with Crippen LogP contribution in [0.1, 0.15) is 37.1 Å². The molecule has 0 radical (unpaired) electrons. The van der Waals surface area contributed by atoms with Crippen molar-refractivity contribution >= 4 is 11.6 Å². The molecule has 0 bridgehead atoms. The molecule has 1 fully saturated rings. The molecule has 0 aliphatic heterocycles. The van der Waals surface area contributed by atoms with Crippen molar-refractivity contribution in [2.75, 3.05) is 5.32 Å². The van der Waals surface area contributed by atoms with Crippen LogP contribution >= 0.6 is 0 Å². The number of ether oxygens (including phenoxy) is 1. The molecular formula is C21H19N5O2. The molecule has 4 rings (SSSR count). The molecule has 7 nitrogen and oxygen atoms in total. The summed E-state index contributed by atoms with van der Waals surface area (Å²) in [7, 11) is 0. The second kappa shape index (κ2) is 7.53. The van der Waals surface area contributed by atoms with Crippen LogP contribution in [0.4, 0.5) is 5.69 Å². The van der Waals surface area contributed by atoms with E-state index in [2.05, 4.69) is 26.6 Å². The smallest absolute Gasteiger partial charge is 0.265 e. The molecule has 1 atom stereocenters. The highest BCUT2D eigenvalue weighted by Crippen LogP contribution is 2.38. The molecule has 2 N–H and O–H groups in total. The van der Waals surface area contributed by atoms with E-state index in [-0.39, 0.29) is 5.91 Å². The first-order chi connectivity index (χ1) is 13.6. The number of nitriles is 1. The van der Waals surface area contributed by atoms with Crippen molar-refractivity contribution in [3.63, 3.8) is 0 Å². The van der Waals surface area contributed by atoms with Crippen LogP contribution in [-0.4, -0.2) is 27.2 Å². The van der Waals surface area contributed by atoms with E-state index in [4.69, 9.17) is 10.00 Å². The van der Waals surface area contributed by atoms with E-state index in [1.165, 1.54) is 0 Å². The molecule has 1 heterocycles. The second-order valence-corrected chi connectivity index (χ2v) is 6.76. The molecule has 7 heteroatoms. The van der Waals surface area contributed by atoms with E-state index >= 15 is 0 Å². The molecule has 2 aromatic carbocycles. The zero-order valence-corrected chi connectivity index (χ0v) is 15.3. The molecular weight excluding hydrogens is 354 g/mol. The lowest BCUT2D eigenvalue weighted by atomic mass is 10.2. The largest absolute Gasteiger partial charge is 0.480 e. The number of hydrogen-bond acceptors (Lipinski definition) is 5. The fourth-order valence-corrected chi connectivity index (χ4v) is 2.83. The third kappa shape index (κ3) is 3.86. The lowest BCUT2D eigenvalue weighted by molar-refractivity contribution is -0.122. The highest BCUT2D eigenvalue weighted by molar-refractivity contribution is 5.94. The highest BCUT2D eigenvalue weighted by atomic mass is 16.5. The van der Waals surface area contributed by atoms with E-state index in [1.54, 1.807) is 37.3 Å². The van der Waals surface area contributed by atoms with Crippen molar-refractivity contribution in [3.8, 4) is 23.2 Å². The van der Waals surface area contributed by atoms with Gasteiger partial charge in [0.05, 0.1) is 5.56 Å². The van der Waals surface area contributed by atoms with Gasteiger partial charge >= 0.3 is 0 Å². The zero-order valence-electron chi connectivity index (χ0n) is 15.3. The molecule has 1 aliphatic rings. The molecule has 1 unspecified atom stereocenters. The summed E-state index contributed by atoms with van der Waals surface area (Å²) in [5, 5.41) is 19.2. The summed E-state index contributed by atoms with van der Waals surface area (Å²) in [5.41, 5.74) is 1.84. The number of rotatable bonds is 6. The van der Waals surface area contributed by atoms with Crippen LogP contribution in [0.15, 0.2) is 48.5 Å². The van der Waals surface area contributed by atoms with Gasteiger partial charge in [-0.1, -0.05) is 24.3 Å². The number of benzene rings is 2. The molecule has 1 aromatic heterocycles. The number of carbonyl (C=O) groups excluding carboxylic acids is 1. The Morgan fingerprint density at radius 3 is 2.89 bits per heavy atom. The van der Waals surface area contributed by atoms with E-state index < -0.39 is 6.10 Å². The maximum Gasteiger partial charge on any atom is 0.265 e. The van der Waals surface area contributed by atoms with Gasteiger partial charge in [-0.25, -0.2) is 4.98 Å². The van der Waals surface area contributed by atoms with Gasteiger partial charge in [0.1, 0.15) is 17.6 Å². The number of nitrogens with one attached hydrogen (secondary N) is 2. The lowest BCUT2D eigenvalue weighted by Gasteiger charge is -2.15. The maximum atomic E-state index is 12.5. The van der Waals surface area contributed by atoms with Crippen LogP contribution in [-0.2, 0) is 4.79 Å². The Morgan fingerprint density at radius 2 is 2.11 bits per heavy atom. The fraction of sp³-hybridized carbons (Fsp3) is 0.238. The maximum absolute atomic E-state index is 12.5. The van der Waals surface area contributed by atoms with Crippen LogP contribution in [0.25, 0.3) is 11.4 Å². The van der Waals surface area contributed by atoms with Gasteiger partial charge in [-0.05, 0) is 44.0 Å². The van der Waals surface area contributed by atoms with E-state index in [9.17, 15) is 4.79 Å². The van der Waals surface area contributed by atoms with Crippen molar-refractivity contribution in [2.24, 2.45) is 0 Å². The number of hydrogen-bond donors (Lipinski definition) is 2. The normalized spacial score (nSPS) is 14.1. The first-order valence-electron chi connectivity index (χ1n) is 9.13. The zero-order chi connectivity index (χ0) is 19.5. The van der Waals surface area contributed by atoms with Gasteiger partial charge in [-0.3, -0.25) is 9.89 Å². The number of carbonyl (C=O) groups is 1. The molecule has 3 aromatic rings. The Morgan fingerprint density at radius 1 is 1.29 bits per heavy atom. The van der Waals surface area contributed by atoms with Crippen molar-refractivity contribution in [3.05, 3.63) is 59.9 Å². The molecule has 1 amide bonds. The van der Waals surface area contributed by atoms with Gasteiger partial charge in [0.15, 0.2) is 11.9 Å². The van der Waals surface area contributed by atoms with Crippen molar-refractivity contribution in [1.29, 1.82) is 5.26 Å². The van der Waals surface area contributed by atoms with Crippen LogP contribution in [0, 0.1) is 11.3 Å². The average molecular weight is 373 g/mol.